The Labute approximate surface area is 108 Å². The third kappa shape index (κ3) is 3.84. The van der Waals surface area contributed by atoms with Crippen LogP contribution < -0.4 is 0 Å². The van der Waals surface area contributed by atoms with Crippen LogP contribution in [0.2, 0.25) is 0 Å². The summed E-state index contributed by atoms with van der Waals surface area (Å²) < 4.78 is 5.14. The highest BCUT2D eigenvalue weighted by atomic mass is 16.5. The van der Waals surface area contributed by atoms with Crippen molar-refractivity contribution in [3.63, 3.8) is 0 Å². The highest BCUT2D eigenvalue weighted by Gasteiger charge is 2.18. The first-order valence-corrected chi connectivity index (χ1v) is 6.33. The van der Waals surface area contributed by atoms with E-state index in [0.29, 0.717) is 19.1 Å². The number of aliphatic carboxylic acids is 1. The van der Waals surface area contributed by atoms with Crippen molar-refractivity contribution in [1.29, 1.82) is 0 Å². The lowest BCUT2D eigenvalue weighted by Crippen LogP contribution is -2.34. The molecule has 0 amide bonds. The second-order valence-corrected chi connectivity index (χ2v) is 4.67. The van der Waals surface area contributed by atoms with Crippen LogP contribution >= 0.6 is 0 Å². The summed E-state index contributed by atoms with van der Waals surface area (Å²) in [6.07, 6.45) is 1.15. The van der Waals surface area contributed by atoms with Gasteiger partial charge in [-0.15, -0.1) is 0 Å². The summed E-state index contributed by atoms with van der Waals surface area (Å²) in [6, 6.07) is 0.345. The largest absolute Gasteiger partial charge is 0.481 e. The van der Waals surface area contributed by atoms with E-state index in [2.05, 4.69) is 23.9 Å². The second-order valence-electron chi connectivity index (χ2n) is 4.67. The van der Waals surface area contributed by atoms with Crippen LogP contribution in [-0.2, 0) is 11.3 Å². The first kappa shape index (κ1) is 14.7. The molecule has 0 aliphatic heterocycles. The van der Waals surface area contributed by atoms with E-state index < -0.39 is 5.97 Å². The second kappa shape index (κ2) is 6.54. The van der Waals surface area contributed by atoms with Crippen LogP contribution in [0.1, 0.15) is 43.7 Å². The summed E-state index contributed by atoms with van der Waals surface area (Å²) >= 11 is 0. The van der Waals surface area contributed by atoms with Crippen molar-refractivity contribution in [2.45, 2.75) is 53.1 Å². The molecule has 0 spiro atoms. The third-order valence-electron chi connectivity index (χ3n) is 3.37. The zero-order chi connectivity index (χ0) is 13.7. The van der Waals surface area contributed by atoms with Gasteiger partial charge in [-0.05, 0) is 27.2 Å². The van der Waals surface area contributed by atoms with Crippen molar-refractivity contribution in [2.75, 3.05) is 6.54 Å². The van der Waals surface area contributed by atoms with Crippen molar-refractivity contribution >= 4 is 5.97 Å². The summed E-state index contributed by atoms with van der Waals surface area (Å²) in [5.41, 5.74) is 1.96. The van der Waals surface area contributed by atoms with E-state index in [1.165, 1.54) is 0 Å². The number of rotatable bonds is 7. The molecule has 1 N–H and O–H groups in total. The lowest BCUT2D eigenvalue weighted by atomic mass is 10.1. The van der Waals surface area contributed by atoms with E-state index in [-0.39, 0.29) is 6.42 Å². The number of carboxylic acid groups (broad SMARTS) is 1. The predicted octanol–water partition coefficient (Wildman–Crippen LogP) is 2.37. The van der Waals surface area contributed by atoms with E-state index in [0.717, 1.165) is 23.4 Å². The summed E-state index contributed by atoms with van der Waals surface area (Å²) in [4.78, 5) is 12.9. The molecule has 1 rings (SSSR count). The topological polar surface area (TPSA) is 66.6 Å². The molecule has 1 unspecified atom stereocenters. The maximum atomic E-state index is 10.7. The fourth-order valence-electron chi connectivity index (χ4n) is 1.88. The molecule has 0 bridgehead atoms. The smallest absolute Gasteiger partial charge is 0.304 e. The Kier molecular flexibility index (Phi) is 5.34. The van der Waals surface area contributed by atoms with Gasteiger partial charge in [-0.3, -0.25) is 9.69 Å². The zero-order valence-electron chi connectivity index (χ0n) is 11.6. The summed E-state index contributed by atoms with van der Waals surface area (Å²) in [7, 11) is 0. The van der Waals surface area contributed by atoms with E-state index >= 15 is 0 Å². The van der Waals surface area contributed by atoms with Gasteiger partial charge in [-0.1, -0.05) is 12.1 Å². The Bertz CT molecular complexity index is 381. The van der Waals surface area contributed by atoms with E-state index in [1.807, 2.05) is 13.8 Å². The highest BCUT2D eigenvalue weighted by Crippen LogP contribution is 2.17. The van der Waals surface area contributed by atoms with Gasteiger partial charge in [0.25, 0.3) is 0 Å². The molecule has 0 fully saturated rings. The number of aromatic nitrogens is 1. The maximum Gasteiger partial charge on any atom is 0.304 e. The fourth-order valence-corrected chi connectivity index (χ4v) is 1.88. The Morgan fingerprint density at radius 1 is 1.50 bits per heavy atom. The molecule has 1 aromatic rings. The third-order valence-corrected chi connectivity index (χ3v) is 3.37. The average molecular weight is 254 g/mol. The van der Waals surface area contributed by atoms with Gasteiger partial charge in [0, 0.05) is 24.7 Å². The van der Waals surface area contributed by atoms with Crippen LogP contribution in [0.15, 0.2) is 4.52 Å². The number of aryl methyl sites for hydroxylation is 2. The van der Waals surface area contributed by atoms with Gasteiger partial charge in [0.2, 0.25) is 0 Å². The average Bonchev–Trinajstić information content (AvgIpc) is 2.64. The number of hydrogen-bond acceptors (Lipinski definition) is 4. The molecule has 0 saturated heterocycles. The normalized spacial score (nSPS) is 12.9. The van der Waals surface area contributed by atoms with Crippen LogP contribution in [0.3, 0.4) is 0 Å². The molecule has 1 atom stereocenters. The molecule has 0 radical (unpaired) electrons. The minimum atomic E-state index is -0.762. The van der Waals surface area contributed by atoms with Gasteiger partial charge in [0.15, 0.2) is 0 Å². The number of carbonyl (C=O) groups is 1. The molecule has 0 aliphatic carbocycles. The molecule has 0 saturated carbocycles. The molecule has 1 heterocycles. The van der Waals surface area contributed by atoms with Crippen molar-refractivity contribution < 1.29 is 14.4 Å². The van der Waals surface area contributed by atoms with Crippen molar-refractivity contribution in [1.82, 2.24) is 10.1 Å². The Morgan fingerprint density at radius 3 is 2.61 bits per heavy atom. The van der Waals surface area contributed by atoms with Crippen LogP contribution in [0.25, 0.3) is 0 Å². The van der Waals surface area contributed by atoms with Gasteiger partial charge < -0.3 is 9.63 Å². The summed E-state index contributed by atoms with van der Waals surface area (Å²) in [5.74, 6) is 0.0539. The Balaban J connectivity index is 2.75. The SMILES string of the molecule is CCC(C)N(CCC(=O)O)Cc1c(C)noc1C. The first-order valence-electron chi connectivity index (χ1n) is 6.33. The zero-order valence-corrected chi connectivity index (χ0v) is 11.6. The van der Waals surface area contributed by atoms with Crippen LogP contribution in [0, 0.1) is 13.8 Å². The van der Waals surface area contributed by atoms with Crippen molar-refractivity contribution in [3.05, 3.63) is 17.0 Å². The molecular formula is C13H22N2O3. The van der Waals surface area contributed by atoms with Gasteiger partial charge in [0.05, 0.1) is 12.1 Å². The van der Waals surface area contributed by atoms with Gasteiger partial charge >= 0.3 is 5.97 Å². The highest BCUT2D eigenvalue weighted by molar-refractivity contribution is 5.66. The number of carboxylic acids is 1. The Morgan fingerprint density at radius 2 is 2.17 bits per heavy atom. The lowest BCUT2D eigenvalue weighted by molar-refractivity contribution is -0.137. The number of hydrogen-bond donors (Lipinski definition) is 1. The van der Waals surface area contributed by atoms with Crippen LogP contribution in [0.4, 0.5) is 0 Å². The molecular weight excluding hydrogens is 232 g/mol. The van der Waals surface area contributed by atoms with Gasteiger partial charge in [0.1, 0.15) is 5.76 Å². The van der Waals surface area contributed by atoms with Gasteiger partial charge in [-0.2, -0.15) is 0 Å². The van der Waals surface area contributed by atoms with Crippen LogP contribution in [-0.4, -0.2) is 33.7 Å². The summed E-state index contributed by atoms with van der Waals surface area (Å²) in [6.45, 7) is 9.27. The molecule has 1 aromatic heterocycles. The van der Waals surface area contributed by atoms with Crippen molar-refractivity contribution in [3.8, 4) is 0 Å². The monoisotopic (exact) mass is 254 g/mol. The lowest BCUT2D eigenvalue weighted by Gasteiger charge is -2.27. The molecule has 0 aliphatic rings. The molecule has 102 valence electrons. The molecule has 18 heavy (non-hydrogen) atoms. The van der Waals surface area contributed by atoms with E-state index in [9.17, 15) is 4.79 Å². The minimum Gasteiger partial charge on any atom is -0.481 e. The predicted molar refractivity (Wildman–Crippen MR) is 68.4 cm³/mol. The maximum absolute atomic E-state index is 10.7. The van der Waals surface area contributed by atoms with Gasteiger partial charge in [-0.25, -0.2) is 0 Å². The molecule has 5 heteroatoms. The number of nitrogens with zero attached hydrogens (tertiary/aromatic N) is 2. The molecule has 0 aromatic carbocycles. The Hall–Kier alpha value is -1.36. The quantitative estimate of drug-likeness (QED) is 0.809. The standard InChI is InChI=1S/C13H22N2O3/c1-5-9(2)15(7-6-13(16)17)8-12-10(3)14-18-11(12)4/h9H,5-8H2,1-4H3,(H,16,17). The fraction of sp³-hybridized carbons (Fsp3) is 0.692. The van der Waals surface area contributed by atoms with E-state index in [4.69, 9.17) is 9.63 Å². The first-order chi connectivity index (χ1) is 8.45. The van der Waals surface area contributed by atoms with Crippen molar-refractivity contribution in [2.24, 2.45) is 0 Å². The summed E-state index contributed by atoms with van der Waals surface area (Å²) in [5, 5.41) is 12.7. The minimum absolute atomic E-state index is 0.160. The van der Waals surface area contributed by atoms with Crippen LogP contribution in [0.5, 0.6) is 0 Å². The van der Waals surface area contributed by atoms with E-state index in [1.54, 1.807) is 0 Å². The molecule has 5 nitrogen and oxygen atoms in total.